The molecule has 0 aliphatic rings. The van der Waals surface area contributed by atoms with E-state index in [1.165, 1.54) is 0 Å². The zero-order valence-corrected chi connectivity index (χ0v) is 17.5. The van der Waals surface area contributed by atoms with Crippen molar-refractivity contribution >= 4 is 17.5 Å². The Hall–Kier alpha value is -4.25. The van der Waals surface area contributed by atoms with Crippen molar-refractivity contribution < 1.29 is 9.59 Å². The fourth-order valence-corrected chi connectivity index (χ4v) is 3.40. The van der Waals surface area contributed by atoms with E-state index in [0.29, 0.717) is 17.8 Å². The molecule has 4 rings (SSSR count). The van der Waals surface area contributed by atoms with Crippen molar-refractivity contribution in [3.05, 3.63) is 120 Å². The Kier molecular flexibility index (Phi) is 6.68. The molecule has 0 bridgehead atoms. The Labute approximate surface area is 187 Å². The van der Waals surface area contributed by atoms with Crippen LogP contribution in [0.25, 0.3) is 11.1 Å². The van der Waals surface area contributed by atoms with Crippen LogP contribution < -0.4 is 10.6 Å². The monoisotopic (exact) mass is 421 g/mol. The van der Waals surface area contributed by atoms with Gasteiger partial charge in [0.15, 0.2) is 0 Å². The van der Waals surface area contributed by atoms with E-state index in [0.717, 1.165) is 22.3 Å². The summed E-state index contributed by atoms with van der Waals surface area (Å²) in [6.45, 7) is 0.364. The molecule has 3 aromatic carbocycles. The van der Waals surface area contributed by atoms with Gasteiger partial charge in [-0.25, -0.2) is 0 Å². The van der Waals surface area contributed by atoms with Gasteiger partial charge >= 0.3 is 0 Å². The van der Waals surface area contributed by atoms with E-state index < -0.39 is 0 Å². The second-order valence-electron chi connectivity index (χ2n) is 7.38. The van der Waals surface area contributed by atoms with Gasteiger partial charge in [0.2, 0.25) is 5.91 Å². The first kappa shape index (κ1) is 21.0. The first-order valence-corrected chi connectivity index (χ1v) is 10.4. The van der Waals surface area contributed by atoms with E-state index in [2.05, 4.69) is 27.8 Å². The summed E-state index contributed by atoms with van der Waals surface area (Å²) in [7, 11) is 0. The highest BCUT2D eigenvalue weighted by Gasteiger charge is 2.13. The third-order valence-electron chi connectivity index (χ3n) is 5.05. The van der Waals surface area contributed by atoms with Crippen molar-refractivity contribution in [2.24, 2.45) is 0 Å². The van der Waals surface area contributed by atoms with Gasteiger partial charge in [0.1, 0.15) is 0 Å². The van der Waals surface area contributed by atoms with E-state index >= 15 is 0 Å². The van der Waals surface area contributed by atoms with Gasteiger partial charge in [-0.3, -0.25) is 14.6 Å². The molecule has 0 spiro atoms. The molecule has 4 aromatic rings. The van der Waals surface area contributed by atoms with Crippen molar-refractivity contribution in [3.63, 3.8) is 0 Å². The molecule has 2 amide bonds. The van der Waals surface area contributed by atoms with Gasteiger partial charge in [-0.2, -0.15) is 0 Å². The predicted octanol–water partition coefficient (Wildman–Crippen LogP) is 4.86. The Morgan fingerprint density at radius 1 is 0.719 bits per heavy atom. The number of nitrogens with one attached hydrogen (secondary N) is 2. The third-order valence-corrected chi connectivity index (χ3v) is 5.05. The molecule has 1 heterocycles. The number of anilines is 1. The highest BCUT2D eigenvalue weighted by atomic mass is 16.2. The lowest BCUT2D eigenvalue weighted by atomic mass is 10.0. The summed E-state index contributed by atoms with van der Waals surface area (Å²) in [5, 5.41) is 5.74. The molecule has 158 valence electrons. The van der Waals surface area contributed by atoms with Crippen molar-refractivity contribution in [2.45, 2.75) is 13.0 Å². The quantitative estimate of drug-likeness (QED) is 0.448. The molecule has 0 radical (unpaired) electrons. The maximum atomic E-state index is 12.7. The molecule has 0 aliphatic carbocycles. The van der Waals surface area contributed by atoms with E-state index in [-0.39, 0.29) is 18.2 Å². The van der Waals surface area contributed by atoms with Gasteiger partial charge in [-0.1, -0.05) is 72.8 Å². The van der Waals surface area contributed by atoms with Gasteiger partial charge < -0.3 is 10.6 Å². The molecule has 0 saturated carbocycles. The molecule has 0 fully saturated rings. The lowest BCUT2D eigenvalue weighted by Gasteiger charge is -2.12. The molecule has 2 N–H and O–H groups in total. The summed E-state index contributed by atoms with van der Waals surface area (Å²) in [6.07, 6.45) is 3.61. The predicted molar refractivity (Wildman–Crippen MR) is 126 cm³/mol. The van der Waals surface area contributed by atoms with Crippen molar-refractivity contribution in [3.8, 4) is 11.1 Å². The fraction of sp³-hybridized carbons (Fsp3) is 0.0741. The minimum atomic E-state index is -0.253. The smallest absolute Gasteiger partial charge is 0.253 e. The van der Waals surface area contributed by atoms with Crippen molar-refractivity contribution in [1.82, 2.24) is 10.3 Å². The Morgan fingerprint density at radius 2 is 1.44 bits per heavy atom. The number of hydrogen-bond donors (Lipinski definition) is 2. The normalized spacial score (nSPS) is 10.4. The van der Waals surface area contributed by atoms with Gasteiger partial charge in [-0.15, -0.1) is 0 Å². The van der Waals surface area contributed by atoms with Gasteiger partial charge in [0.25, 0.3) is 5.91 Å². The van der Waals surface area contributed by atoms with E-state index in [9.17, 15) is 9.59 Å². The number of carbonyl (C=O) groups is 2. The fourth-order valence-electron chi connectivity index (χ4n) is 3.40. The molecule has 5 heteroatoms. The highest BCUT2D eigenvalue weighted by molar-refractivity contribution is 6.04. The SMILES string of the molecule is O=C(Cc1ccc(-c2ccccc2)cc1)Nc1ccccc1C(=O)NCc1cccnc1. The number of carbonyl (C=O) groups excluding carboxylic acids is 2. The van der Waals surface area contributed by atoms with Crippen LogP contribution in [0.2, 0.25) is 0 Å². The first-order valence-electron chi connectivity index (χ1n) is 10.4. The van der Waals surface area contributed by atoms with Crippen LogP contribution in [0.4, 0.5) is 5.69 Å². The summed E-state index contributed by atoms with van der Waals surface area (Å²) >= 11 is 0. The second-order valence-corrected chi connectivity index (χ2v) is 7.38. The number of para-hydroxylation sites is 1. The molecule has 32 heavy (non-hydrogen) atoms. The van der Waals surface area contributed by atoms with Crippen LogP contribution in [0.3, 0.4) is 0 Å². The van der Waals surface area contributed by atoms with E-state index in [1.54, 1.807) is 36.7 Å². The van der Waals surface area contributed by atoms with Gasteiger partial charge in [-0.05, 0) is 40.5 Å². The lowest BCUT2D eigenvalue weighted by molar-refractivity contribution is -0.115. The van der Waals surface area contributed by atoms with Crippen LogP contribution >= 0.6 is 0 Å². The highest BCUT2D eigenvalue weighted by Crippen LogP contribution is 2.20. The Balaban J connectivity index is 1.38. The number of hydrogen-bond acceptors (Lipinski definition) is 3. The number of rotatable bonds is 7. The lowest BCUT2D eigenvalue weighted by Crippen LogP contribution is -2.25. The van der Waals surface area contributed by atoms with Gasteiger partial charge in [0.05, 0.1) is 17.7 Å². The molecule has 0 aliphatic heterocycles. The summed E-state index contributed by atoms with van der Waals surface area (Å²) in [5.74, 6) is -0.429. The average molecular weight is 422 g/mol. The largest absolute Gasteiger partial charge is 0.348 e. The third kappa shape index (κ3) is 5.46. The van der Waals surface area contributed by atoms with Crippen LogP contribution in [0.5, 0.6) is 0 Å². The van der Waals surface area contributed by atoms with E-state index in [1.807, 2.05) is 54.6 Å². The maximum Gasteiger partial charge on any atom is 0.253 e. The minimum absolute atomic E-state index is 0.176. The topological polar surface area (TPSA) is 71.1 Å². The van der Waals surface area contributed by atoms with Crippen molar-refractivity contribution in [2.75, 3.05) is 5.32 Å². The number of amides is 2. The average Bonchev–Trinajstić information content (AvgIpc) is 2.84. The molecule has 5 nitrogen and oxygen atoms in total. The van der Waals surface area contributed by atoms with Crippen LogP contribution in [0.15, 0.2) is 103 Å². The van der Waals surface area contributed by atoms with E-state index in [4.69, 9.17) is 0 Å². The van der Waals surface area contributed by atoms with Gasteiger partial charge in [0, 0.05) is 18.9 Å². The number of benzene rings is 3. The number of pyridine rings is 1. The number of aromatic nitrogens is 1. The van der Waals surface area contributed by atoms with Crippen molar-refractivity contribution in [1.29, 1.82) is 0 Å². The molecular formula is C27H23N3O2. The number of nitrogens with zero attached hydrogens (tertiary/aromatic N) is 1. The molecule has 1 aromatic heterocycles. The summed E-state index contributed by atoms with van der Waals surface area (Å²) < 4.78 is 0. The maximum absolute atomic E-state index is 12.7. The summed E-state index contributed by atoms with van der Waals surface area (Å²) in [6, 6.07) is 28.7. The summed E-state index contributed by atoms with van der Waals surface area (Å²) in [5.41, 5.74) is 4.95. The minimum Gasteiger partial charge on any atom is -0.348 e. The first-order chi connectivity index (χ1) is 15.7. The zero-order chi connectivity index (χ0) is 22.2. The molecule has 0 unspecified atom stereocenters. The standard InChI is InChI=1S/C27H23N3O2/c31-26(17-20-12-14-23(15-13-20)22-8-2-1-3-9-22)30-25-11-5-4-10-24(25)27(32)29-19-21-7-6-16-28-18-21/h1-16,18H,17,19H2,(H,29,32)(H,30,31). The van der Waals surface area contributed by atoms with Crippen LogP contribution in [0, 0.1) is 0 Å². The molecule has 0 atom stereocenters. The Bertz CT molecular complexity index is 1190. The summed E-state index contributed by atoms with van der Waals surface area (Å²) in [4.78, 5) is 29.4. The molecule has 0 saturated heterocycles. The van der Waals surface area contributed by atoms with Crippen LogP contribution in [-0.2, 0) is 17.8 Å². The second kappa shape index (κ2) is 10.2. The molecular weight excluding hydrogens is 398 g/mol. The zero-order valence-electron chi connectivity index (χ0n) is 17.5. The van der Waals surface area contributed by atoms with Crippen LogP contribution in [0.1, 0.15) is 21.5 Å². The Morgan fingerprint density at radius 3 is 2.19 bits per heavy atom. The van der Waals surface area contributed by atoms with Crippen LogP contribution in [-0.4, -0.2) is 16.8 Å².